The minimum absolute atomic E-state index is 0.00568. The number of amides is 3. The Morgan fingerprint density at radius 1 is 0.797 bits per heavy atom. The summed E-state index contributed by atoms with van der Waals surface area (Å²) >= 11 is 0. The summed E-state index contributed by atoms with van der Waals surface area (Å²) in [7, 11) is 0. The summed E-state index contributed by atoms with van der Waals surface area (Å²) in [6.07, 6.45) is 3.64. The van der Waals surface area contributed by atoms with Gasteiger partial charge in [0, 0.05) is 72.6 Å². The number of fused-ring (bicyclic) bond motifs is 1. The van der Waals surface area contributed by atoms with Crippen LogP contribution < -0.4 is 27.2 Å². The Bertz CT molecular complexity index is 3010. The zero-order valence-corrected chi connectivity index (χ0v) is 36.2. The largest absolute Gasteiger partial charge is 0.480 e. The number of aliphatic carboxylic acids is 1. The molecule has 1 fully saturated rings. The van der Waals surface area contributed by atoms with Crippen LogP contribution >= 0.6 is 0 Å². The fourth-order valence-electron chi connectivity index (χ4n) is 7.28. The number of rotatable bonds is 17. The minimum Gasteiger partial charge on any atom is -0.480 e. The van der Waals surface area contributed by atoms with E-state index in [4.69, 9.17) is 5.73 Å². The predicted octanol–water partition coefficient (Wildman–Crippen LogP) is 3.99. The molecule has 6 aromatic rings. The third-order valence-electron chi connectivity index (χ3n) is 10.8. The van der Waals surface area contributed by atoms with Gasteiger partial charge in [0.2, 0.25) is 17.8 Å². The Morgan fingerprint density at radius 3 is 1.96 bits per heavy atom. The van der Waals surface area contributed by atoms with Crippen LogP contribution in [0.3, 0.4) is 0 Å². The molecular formula is C47H41N11O11. The number of nitro benzene ring substituents is 2. The second kappa shape index (κ2) is 21.2. The Kier molecular flexibility index (Phi) is 14.6. The highest BCUT2D eigenvalue weighted by Gasteiger charge is 2.34. The van der Waals surface area contributed by atoms with Gasteiger partial charge >= 0.3 is 5.97 Å². The molecule has 1 aliphatic rings. The molecule has 0 bridgehead atoms. The van der Waals surface area contributed by atoms with Gasteiger partial charge in [-0.25, -0.2) is 14.8 Å². The van der Waals surface area contributed by atoms with Crippen molar-refractivity contribution in [3.63, 3.8) is 0 Å². The van der Waals surface area contributed by atoms with E-state index in [1.807, 2.05) is 0 Å². The van der Waals surface area contributed by atoms with Crippen molar-refractivity contribution in [1.29, 1.82) is 0 Å². The maximum absolute atomic E-state index is 14.6. The lowest BCUT2D eigenvalue weighted by Crippen LogP contribution is -2.53. The topological polar surface area (TPSA) is 329 Å². The van der Waals surface area contributed by atoms with Gasteiger partial charge in [0.05, 0.1) is 28.3 Å². The van der Waals surface area contributed by atoms with Crippen LogP contribution in [0.1, 0.15) is 45.6 Å². The molecule has 350 valence electrons. The van der Waals surface area contributed by atoms with Crippen molar-refractivity contribution < 1.29 is 38.9 Å². The van der Waals surface area contributed by atoms with E-state index in [0.717, 1.165) is 0 Å². The summed E-state index contributed by atoms with van der Waals surface area (Å²) in [6, 6.07) is 23.0. The molecule has 2 atom stereocenters. The lowest BCUT2D eigenvalue weighted by molar-refractivity contribution is -0.385. The lowest BCUT2D eigenvalue weighted by Gasteiger charge is -2.33. The number of carbonyl (C=O) groups excluding carboxylic acids is 4. The quantitative estimate of drug-likeness (QED) is 0.0428. The number of carboxylic acids is 1. The molecule has 69 heavy (non-hydrogen) atoms. The zero-order chi connectivity index (χ0) is 49.2. The number of piperidine rings is 1. The maximum Gasteiger partial charge on any atom is 0.326 e. The van der Waals surface area contributed by atoms with E-state index < -0.39 is 63.4 Å². The number of carboxylic acid groups (broad SMARTS) is 1. The van der Waals surface area contributed by atoms with Gasteiger partial charge in [-0.3, -0.25) is 49.2 Å². The van der Waals surface area contributed by atoms with Gasteiger partial charge in [-0.15, -0.1) is 0 Å². The molecule has 3 amide bonds. The Labute approximate surface area is 390 Å². The highest BCUT2D eigenvalue weighted by molar-refractivity contribution is 6.15. The van der Waals surface area contributed by atoms with Crippen molar-refractivity contribution in [2.24, 2.45) is 0 Å². The average Bonchev–Trinajstić information content (AvgIpc) is 3.33. The number of aromatic amines is 1. The van der Waals surface area contributed by atoms with E-state index >= 15 is 0 Å². The number of nitrogens with two attached hydrogens (primary N) is 1. The summed E-state index contributed by atoms with van der Waals surface area (Å²) in [4.78, 5) is 117. The van der Waals surface area contributed by atoms with Gasteiger partial charge < -0.3 is 31.7 Å². The molecule has 0 unspecified atom stereocenters. The monoisotopic (exact) mass is 935 g/mol. The number of carbonyl (C=O) groups is 5. The highest BCUT2D eigenvalue weighted by atomic mass is 16.6. The smallest absolute Gasteiger partial charge is 0.326 e. The normalized spacial score (nSPS) is 14.5. The number of nitrogens with zero attached hydrogens (tertiary/aromatic N) is 6. The van der Waals surface area contributed by atoms with E-state index in [2.05, 4.69) is 35.9 Å². The van der Waals surface area contributed by atoms with Gasteiger partial charge in [-0.05, 0) is 83.8 Å². The summed E-state index contributed by atoms with van der Waals surface area (Å²) in [5, 5.41) is 40.9. The summed E-state index contributed by atoms with van der Waals surface area (Å²) in [5.41, 5.74) is 7.82. The van der Waals surface area contributed by atoms with Crippen LogP contribution in [0.5, 0.6) is 0 Å². The molecule has 7 N–H and O–H groups in total. The Hall–Kier alpha value is -9.47. The molecule has 0 saturated carbocycles. The minimum atomic E-state index is -1.50. The molecule has 0 radical (unpaired) electrons. The SMILES string of the molecule is Nc1nc2nc(CNc3ccc(C(=O)N[C@@H](CCC(=O)N[C@H](Cc4ccccc4)C(=O)N4C/C(=C\c5ccc([N+](=O)[O-])cc5)C(=O)/C(=C/c5ccc([N+](=O)[O-])cc5)C4)C(=O)O)cc3)cnc2c(=O)[nH]1. The van der Waals surface area contributed by atoms with Crippen LogP contribution in [-0.4, -0.2) is 94.4 Å². The number of aromatic nitrogens is 4. The number of hydrogen-bond acceptors (Lipinski definition) is 15. The van der Waals surface area contributed by atoms with Crippen molar-refractivity contribution in [2.45, 2.75) is 37.9 Å². The molecule has 7 rings (SSSR count). The first kappa shape index (κ1) is 47.5. The molecular weight excluding hydrogens is 895 g/mol. The van der Waals surface area contributed by atoms with Gasteiger partial charge in [0.25, 0.3) is 22.8 Å². The first-order valence-corrected chi connectivity index (χ1v) is 21.1. The van der Waals surface area contributed by atoms with E-state index in [-0.39, 0.29) is 77.7 Å². The van der Waals surface area contributed by atoms with Crippen molar-refractivity contribution in [1.82, 2.24) is 35.5 Å². The number of nitro groups is 2. The van der Waals surface area contributed by atoms with Gasteiger partial charge in [0.1, 0.15) is 12.1 Å². The number of likely N-dealkylation sites (tertiary alicyclic amines) is 1. The van der Waals surface area contributed by atoms with Gasteiger partial charge in [-0.2, -0.15) is 4.98 Å². The van der Waals surface area contributed by atoms with Crippen molar-refractivity contribution in [2.75, 3.05) is 24.1 Å². The third-order valence-corrected chi connectivity index (χ3v) is 10.8. The fraction of sp³-hybridized carbons (Fsp3) is 0.170. The fourth-order valence-corrected chi connectivity index (χ4v) is 7.28. The van der Waals surface area contributed by atoms with E-state index in [9.17, 15) is 54.1 Å². The molecule has 22 heteroatoms. The molecule has 4 aromatic carbocycles. The first-order chi connectivity index (χ1) is 33.1. The maximum atomic E-state index is 14.6. The van der Waals surface area contributed by atoms with Crippen molar-refractivity contribution >= 4 is 75.8 Å². The number of hydrogen-bond donors (Lipinski definition) is 6. The van der Waals surface area contributed by atoms with Crippen LogP contribution in [0.4, 0.5) is 23.0 Å². The number of nitrogen functional groups attached to an aromatic ring is 1. The molecule has 3 heterocycles. The number of nitrogens with one attached hydrogen (secondary N) is 4. The van der Waals surface area contributed by atoms with Crippen molar-refractivity contribution in [3.05, 3.63) is 179 Å². The first-order valence-electron chi connectivity index (χ1n) is 21.1. The van der Waals surface area contributed by atoms with Crippen molar-refractivity contribution in [3.8, 4) is 0 Å². The molecule has 22 nitrogen and oxygen atoms in total. The highest BCUT2D eigenvalue weighted by Crippen LogP contribution is 2.25. The van der Waals surface area contributed by atoms with E-state index in [1.165, 1.54) is 83.9 Å². The second-order valence-electron chi connectivity index (χ2n) is 15.7. The molecule has 2 aromatic heterocycles. The van der Waals surface area contributed by atoms with E-state index in [0.29, 0.717) is 28.1 Å². The summed E-state index contributed by atoms with van der Waals surface area (Å²) < 4.78 is 0. The molecule has 0 aliphatic carbocycles. The van der Waals surface area contributed by atoms with Gasteiger partial charge in [0.15, 0.2) is 16.9 Å². The Morgan fingerprint density at radius 2 is 1.39 bits per heavy atom. The van der Waals surface area contributed by atoms with E-state index in [1.54, 1.807) is 42.5 Å². The van der Waals surface area contributed by atoms with Gasteiger partial charge in [-0.1, -0.05) is 30.3 Å². The molecule has 1 saturated heterocycles. The molecule has 1 aliphatic heterocycles. The van der Waals surface area contributed by atoms with Crippen LogP contribution in [-0.2, 0) is 32.1 Å². The second-order valence-corrected chi connectivity index (χ2v) is 15.7. The number of benzene rings is 4. The number of anilines is 2. The zero-order valence-electron chi connectivity index (χ0n) is 36.2. The molecule has 0 spiro atoms. The Balaban J connectivity index is 1.03. The standard InChI is InChI=1S/C47H41N11O11/c48-47-54-42-40(44(62)55-47)50-24-34(51-42)23-49-33-12-10-30(11-13-33)43(61)53-37(46(64)65)18-19-39(59)52-38(22-27-4-2-1-3-5-27)45(63)56-25-31(20-28-6-14-35(15-7-28)57(66)67)41(60)32(26-56)21-29-8-16-36(17-9-29)58(68)69/h1-17,20-21,24,37-38,49H,18-19,22-23,25-26H2,(H,52,59)(H,53,61)(H,64,65)(H3,48,51,54,55,62)/b31-20+,32-21+/t37-,38+/m0/s1. The number of ketones is 1. The predicted molar refractivity (Wildman–Crippen MR) is 250 cm³/mol. The lowest BCUT2D eigenvalue weighted by atomic mass is 9.93. The van der Waals surface area contributed by atoms with Crippen LogP contribution in [0, 0.1) is 20.2 Å². The van der Waals surface area contributed by atoms with Crippen LogP contribution in [0.25, 0.3) is 23.3 Å². The van der Waals surface area contributed by atoms with Crippen LogP contribution in [0.2, 0.25) is 0 Å². The summed E-state index contributed by atoms with van der Waals surface area (Å²) in [6.45, 7) is -0.256. The number of non-ortho nitro benzene ring substituents is 2. The summed E-state index contributed by atoms with van der Waals surface area (Å²) in [5.74, 6) is -3.96. The average molecular weight is 936 g/mol. The number of Topliss-reactive ketones (excluding diaryl/α,β-unsaturated/α-hetero) is 1. The van der Waals surface area contributed by atoms with Crippen LogP contribution in [0.15, 0.2) is 125 Å². The number of H-pyrrole nitrogens is 1. The third kappa shape index (κ3) is 12.3.